The molecule has 3 heterocycles. The lowest BCUT2D eigenvalue weighted by Gasteiger charge is -2.09. The van der Waals surface area contributed by atoms with Crippen LogP contribution < -0.4 is 0 Å². The van der Waals surface area contributed by atoms with E-state index in [1.54, 1.807) is 0 Å². The number of rotatable bonds is 2. The molecule has 0 radical (unpaired) electrons. The molecule has 0 aliphatic rings. The maximum Gasteiger partial charge on any atom is 0.0972 e. The van der Waals surface area contributed by atoms with Crippen LogP contribution in [-0.2, 0) is 0 Å². The minimum absolute atomic E-state index is 0.916. The standard InChI is InChI=1S/C35H21N3/c1-2-6-25-19-27(12-9-22(25)5-1)31-16-13-23-10-11-24-14-17-32(38-35(24)34(23)37-31)28-15-18-33-29(21-28)20-26-7-3-4-8-30(26)36-33/h1-21H. The molecule has 0 fully saturated rings. The van der Waals surface area contributed by atoms with Gasteiger partial charge < -0.3 is 0 Å². The van der Waals surface area contributed by atoms with Crippen molar-refractivity contribution in [2.24, 2.45) is 0 Å². The second-order valence-electron chi connectivity index (χ2n) is 9.75. The summed E-state index contributed by atoms with van der Waals surface area (Å²) in [4.78, 5) is 15.1. The molecule has 0 saturated heterocycles. The largest absolute Gasteiger partial charge is 0.248 e. The highest BCUT2D eigenvalue weighted by Crippen LogP contribution is 2.31. The lowest BCUT2D eigenvalue weighted by atomic mass is 10.0. The lowest BCUT2D eigenvalue weighted by Crippen LogP contribution is -1.91. The Balaban J connectivity index is 1.29. The van der Waals surface area contributed by atoms with E-state index in [4.69, 9.17) is 15.0 Å². The van der Waals surface area contributed by atoms with Crippen molar-refractivity contribution in [2.75, 3.05) is 0 Å². The van der Waals surface area contributed by atoms with Gasteiger partial charge in [-0.3, -0.25) is 0 Å². The van der Waals surface area contributed by atoms with Gasteiger partial charge in [0.05, 0.1) is 33.5 Å². The Labute approximate surface area is 219 Å². The van der Waals surface area contributed by atoms with Crippen LogP contribution in [0.5, 0.6) is 0 Å². The Morgan fingerprint density at radius 1 is 0.316 bits per heavy atom. The van der Waals surface area contributed by atoms with Crippen LogP contribution in [0.15, 0.2) is 127 Å². The molecule has 3 aromatic heterocycles. The van der Waals surface area contributed by atoms with Crippen LogP contribution >= 0.6 is 0 Å². The van der Waals surface area contributed by atoms with Crippen molar-refractivity contribution in [3.8, 4) is 22.5 Å². The second kappa shape index (κ2) is 8.19. The van der Waals surface area contributed by atoms with Crippen molar-refractivity contribution in [3.63, 3.8) is 0 Å². The first-order valence-corrected chi connectivity index (χ1v) is 12.8. The van der Waals surface area contributed by atoms with Crippen LogP contribution in [0.3, 0.4) is 0 Å². The van der Waals surface area contributed by atoms with E-state index in [-0.39, 0.29) is 0 Å². The molecule has 0 saturated carbocycles. The van der Waals surface area contributed by atoms with Gasteiger partial charge in [-0.2, -0.15) is 0 Å². The quantitative estimate of drug-likeness (QED) is 0.182. The van der Waals surface area contributed by atoms with Crippen molar-refractivity contribution in [1.29, 1.82) is 0 Å². The lowest BCUT2D eigenvalue weighted by molar-refractivity contribution is 1.37. The molecular formula is C35H21N3. The van der Waals surface area contributed by atoms with Gasteiger partial charge in [0.2, 0.25) is 0 Å². The molecule has 0 aliphatic heterocycles. The summed E-state index contributed by atoms with van der Waals surface area (Å²) in [6, 6.07) is 44.5. The predicted molar refractivity (Wildman–Crippen MR) is 158 cm³/mol. The van der Waals surface area contributed by atoms with Gasteiger partial charge in [-0.15, -0.1) is 0 Å². The number of hydrogen-bond acceptors (Lipinski definition) is 3. The average molecular weight is 484 g/mol. The molecule has 0 bridgehead atoms. The SMILES string of the molecule is c1ccc2cc(-c3ccc4ccc5ccc(-c6ccc7nc8ccccc8cc7c6)nc5c4n3)ccc2c1. The monoisotopic (exact) mass is 483 g/mol. The van der Waals surface area contributed by atoms with E-state index in [9.17, 15) is 0 Å². The Morgan fingerprint density at radius 2 is 0.842 bits per heavy atom. The van der Waals surface area contributed by atoms with Gasteiger partial charge in [0.25, 0.3) is 0 Å². The van der Waals surface area contributed by atoms with Gasteiger partial charge >= 0.3 is 0 Å². The normalized spacial score (nSPS) is 11.7. The van der Waals surface area contributed by atoms with Crippen molar-refractivity contribution < 1.29 is 0 Å². The fraction of sp³-hybridized carbons (Fsp3) is 0. The molecule has 8 aromatic rings. The zero-order valence-electron chi connectivity index (χ0n) is 20.5. The number of para-hydroxylation sites is 1. The van der Waals surface area contributed by atoms with E-state index in [0.717, 1.165) is 66.1 Å². The highest BCUT2D eigenvalue weighted by atomic mass is 14.8. The molecule has 3 nitrogen and oxygen atoms in total. The first-order valence-electron chi connectivity index (χ1n) is 12.8. The molecule has 0 amide bonds. The molecule has 3 heteroatoms. The first kappa shape index (κ1) is 21.0. The molecule has 176 valence electrons. The number of hydrogen-bond donors (Lipinski definition) is 0. The van der Waals surface area contributed by atoms with Crippen molar-refractivity contribution in [3.05, 3.63) is 127 Å². The van der Waals surface area contributed by atoms with Gasteiger partial charge in [0.1, 0.15) is 0 Å². The van der Waals surface area contributed by atoms with Gasteiger partial charge in [0.15, 0.2) is 0 Å². The maximum atomic E-state index is 5.14. The van der Waals surface area contributed by atoms with E-state index in [2.05, 4.69) is 121 Å². The number of fused-ring (bicyclic) bond motifs is 6. The van der Waals surface area contributed by atoms with Crippen molar-refractivity contribution >= 4 is 54.4 Å². The molecule has 0 spiro atoms. The molecule has 5 aromatic carbocycles. The first-order chi connectivity index (χ1) is 18.8. The van der Waals surface area contributed by atoms with Gasteiger partial charge in [-0.1, -0.05) is 84.9 Å². The third kappa shape index (κ3) is 3.40. The summed E-state index contributed by atoms with van der Waals surface area (Å²) in [6.07, 6.45) is 0. The van der Waals surface area contributed by atoms with E-state index in [1.807, 2.05) is 6.07 Å². The summed E-state index contributed by atoms with van der Waals surface area (Å²) in [6.45, 7) is 0. The van der Waals surface area contributed by atoms with Gasteiger partial charge in [-0.05, 0) is 53.2 Å². The molecule has 0 unspecified atom stereocenters. The zero-order chi connectivity index (χ0) is 25.1. The molecule has 38 heavy (non-hydrogen) atoms. The molecular weight excluding hydrogens is 462 g/mol. The van der Waals surface area contributed by atoms with Gasteiger partial charge in [-0.25, -0.2) is 15.0 Å². The van der Waals surface area contributed by atoms with Crippen molar-refractivity contribution in [2.45, 2.75) is 0 Å². The summed E-state index contributed by atoms with van der Waals surface area (Å²) in [7, 11) is 0. The van der Waals surface area contributed by atoms with Crippen LogP contribution in [0.4, 0.5) is 0 Å². The Hall–Kier alpha value is -5.15. The minimum Gasteiger partial charge on any atom is -0.248 e. The molecule has 0 atom stereocenters. The van der Waals surface area contributed by atoms with Crippen LogP contribution in [0, 0.1) is 0 Å². The highest BCUT2D eigenvalue weighted by Gasteiger charge is 2.10. The van der Waals surface area contributed by atoms with Crippen LogP contribution in [0.1, 0.15) is 0 Å². The number of nitrogens with zero attached hydrogens (tertiary/aromatic N) is 3. The van der Waals surface area contributed by atoms with E-state index in [1.165, 1.54) is 10.8 Å². The summed E-state index contributed by atoms with van der Waals surface area (Å²) in [5, 5.41) is 6.85. The zero-order valence-corrected chi connectivity index (χ0v) is 20.5. The smallest absolute Gasteiger partial charge is 0.0972 e. The summed E-state index contributed by atoms with van der Waals surface area (Å²) >= 11 is 0. The maximum absolute atomic E-state index is 5.14. The Kier molecular flexibility index (Phi) is 4.52. The molecule has 0 aliphatic carbocycles. The fourth-order valence-electron chi connectivity index (χ4n) is 5.38. The number of benzene rings is 5. The van der Waals surface area contributed by atoms with Crippen LogP contribution in [0.2, 0.25) is 0 Å². The summed E-state index contributed by atoms with van der Waals surface area (Å²) in [5.74, 6) is 0. The summed E-state index contributed by atoms with van der Waals surface area (Å²) in [5.41, 5.74) is 7.89. The third-order valence-electron chi connectivity index (χ3n) is 7.38. The Bertz CT molecular complexity index is 2200. The van der Waals surface area contributed by atoms with Crippen molar-refractivity contribution in [1.82, 2.24) is 15.0 Å². The minimum atomic E-state index is 0.916. The van der Waals surface area contributed by atoms with Gasteiger partial charge in [0, 0.05) is 32.7 Å². The average Bonchev–Trinajstić information content (AvgIpc) is 2.99. The highest BCUT2D eigenvalue weighted by molar-refractivity contribution is 6.04. The predicted octanol–water partition coefficient (Wildman–Crippen LogP) is 8.97. The molecule has 0 N–H and O–H groups in total. The topological polar surface area (TPSA) is 38.7 Å². The fourth-order valence-corrected chi connectivity index (χ4v) is 5.38. The third-order valence-corrected chi connectivity index (χ3v) is 7.38. The van der Waals surface area contributed by atoms with Crippen LogP contribution in [-0.4, -0.2) is 15.0 Å². The Morgan fingerprint density at radius 3 is 1.58 bits per heavy atom. The van der Waals surface area contributed by atoms with E-state index < -0.39 is 0 Å². The van der Waals surface area contributed by atoms with Crippen LogP contribution in [0.25, 0.3) is 76.9 Å². The van der Waals surface area contributed by atoms with E-state index in [0.29, 0.717) is 0 Å². The molecule has 8 rings (SSSR count). The second-order valence-corrected chi connectivity index (χ2v) is 9.75. The number of pyridine rings is 3. The van der Waals surface area contributed by atoms with E-state index >= 15 is 0 Å². The number of aromatic nitrogens is 3. The summed E-state index contributed by atoms with van der Waals surface area (Å²) < 4.78 is 0.